The monoisotopic (exact) mass is 264 g/mol. The minimum Gasteiger partial charge on any atom is -0.466 e. The summed E-state index contributed by atoms with van der Waals surface area (Å²) >= 11 is 0. The lowest BCUT2D eigenvalue weighted by Gasteiger charge is -2.23. The second-order valence-electron chi connectivity index (χ2n) is 3.99. The van der Waals surface area contributed by atoms with E-state index in [0.717, 1.165) is 12.8 Å². The van der Waals surface area contributed by atoms with Crippen LogP contribution >= 0.6 is 0 Å². The molecule has 17 heavy (non-hydrogen) atoms. The van der Waals surface area contributed by atoms with Crippen molar-refractivity contribution in [1.29, 1.82) is 0 Å². The summed E-state index contributed by atoms with van der Waals surface area (Å²) in [5.74, 6) is -0.365. The largest absolute Gasteiger partial charge is 0.466 e. The van der Waals surface area contributed by atoms with E-state index < -0.39 is 10.2 Å². The molecule has 0 bridgehead atoms. The molecule has 0 unspecified atom stereocenters. The van der Waals surface area contributed by atoms with E-state index in [1.807, 2.05) is 0 Å². The van der Waals surface area contributed by atoms with Gasteiger partial charge in [0.1, 0.15) is 0 Å². The fourth-order valence-corrected chi connectivity index (χ4v) is 3.15. The first-order valence-corrected chi connectivity index (χ1v) is 7.25. The van der Waals surface area contributed by atoms with Crippen LogP contribution < -0.4 is 0 Å². The van der Waals surface area contributed by atoms with Crippen molar-refractivity contribution in [3.05, 3.63) is 0 Å². The molecule has 0 saturated carbocycles. The highest BCUT2D eigenvalue weighted by Gasteiger charge is 2.29. The van der Waals surface area contributed by atoms with Gasteiger partial charge in [-0.3, -0.25) is 4.79 Å². The van der Waals surface area contributed by atoms with E-state index in [4.69, 9.17) is 4.74 Å². The molecule has 0 aliphatic carbocycles. The molecule has 0 aromatic rings. The maximum absolute atomic E-state index is 12.0. The molecule has 0 amide bonds. The van der Waals surface area contributed by atoms with Crippen LogP contribution in [0.25, 0.3) is 0 Å². The molecule has 0 radical (unpaired) electrons. The molecule has 1 aliphatic heterocycles. The number of ether oxygens (including phenoxy) is 1. The highest BCUT2D eigenvalue weighted by Crippen LogP contribution is 2.15. The van der Waals surface area contributed by atoms with Crippen molar-refractivity contribution in [2.75, 3.05) is 33.3 Å². The topological polar surface area (TPSA) is 66.9 Å². The van der Waals surface area contributed by atoms with Crippen molar-refractivity contribution in [3.8, 4) is 0 Å². The van der Waals surface area contributed by atoms with Crippen LogP contribution in [0.1, 0.15) is 26.2 Å². The van der Waals surface area contributed by atoms with Gasteiger partial charge in [-0.2, -0.15) is 17.0 Å². The summed E-state index contributed by atoms with van der Waals surface area (Å²) in [6.45, 7) is 3.36. The third kappa shape index (κ3) is 3.93. The molecular weight excluding hydrogens is 244 g/mol. The molecule has 1 saturated heterocycles. The van der Waals surface area contributed by atoms with Crippen molar-refractivity contribution >= 4 is 16.2 Å². The average molecular weight is 264 g/mol. The van der Waals surface area contributed by atoms with Crippen molar-refractivity contribution in [2.24, 2.45) is 0 Å². The zero-order valence-corrected chi connectivity index (χ0v) is 11.2. The fourth-order valence-electron chi connectivity index (χ4n) is 1.71. The minimum absolute atomic E-state index is 0.0947. The highest BCUT2D eigenvalue weighted by atomic mass is 32.2. The molecule has 100 valence electrons. The molecule has 1 heterocycles. The molecule has 1 aliphatic rings. The lowest BCUT2D eigenvalue weighted by atomic mass is 10.4. The van der Waals surface area contributed by atoms with Crippen LogP contribution in [0.15, 0.2) is 0 Å². The average Bonchev–Trinajstić information content (AvgIpc) is 2.80. The summed E-state index contributed by atoms with van der Waals surface area (Å²) in [5, 5.41) is 0. The first-order chi connectivity index (χ1) is 7.98. The third-order valence-electron chi connectivity index (χ3n) is 2.72. The number of carbonyl (C=O) groups excluding carboxylic acids is 1. The van der Waals surface area contributed by atoms with Gasteiger partial charge in [-0.25, -0.2) is 0 Å². The van der Waals surface area contributed by atoms with Gasteiger partial charge in [0.15, 0.2) is 0 Å². The summed E-state index contributed by atoms with van der Waals surface area (Å²) < 4.78 is 31.4. The minimum atomic E-state index is -3.39. The Morgan fingerprint density at radius 2 is 1.94 bits per heavy atom. The van der Waals surface area contributed by atoms with Crippen molar-refractivity contribution in [3.63, 3.8) is 0 Å². The summed E-state index contributed by atoms with van der Waals surface area (Å²) in [6, 6.07) is 0. The summed E-state index contributed by atoms with van der Waals surface area (Å²) in [4.78, 5) is 11.1. The lowest BCUT2D eigenvalue weighted by molar-refractivity contribution is -0.143. The molecule has 0 N–H and O–H groups in total. The molecule has 1 rings (SSSR count). The first kappa shape index (κ1) is 14.4. The van der Waals surface area contributed by atoms with E-state index in [9.17, 15) is 13.2 Å². The zero-order chi connectivity index (χ0) is 12.9. The van der Waals surface area contributed by atoms with Gasteiger partial charge in [0.2, 0.25) is 0 Å². The van der Waals surface area contributed by atoms with Crippen LogP contribution in [0, 0.1) is 0 Å². The van der Waals surface area contributed by atoms with Gasteiger partial charge in [-0.15, -0.1) is 0 Å². The van der Waals surface area contributed by atoms with E-state index in [1.165, 1.54) is 15.7 Å². The Labute approximate surface area is 103 Å². The summed E-state index contributed by atoms with van der Waals surface area (Å²) in [6.07, 6.45) is 1.91. The Morgan fingerprint density at radius 3 is 2.47 bits per heavy atom. The Kier molecular flexibility index (Phi) is 5.35. The molecule has 7 heteroatoms. The van der Waals surface area contributed by atoms with E-state index in [2.05, 4.69) is 0 Å². The van der Waals surface area contributed by atoms with Gasteiger partial charge < -0.3 is 4.74 Å². The zero-order valence-electron chi connectivity index (χ0n) is 10.4. The molecule has 6 nitrogen and oxygen atoms in total. The number of hydrogen-bond acceptors (Lipinski definition) is 4. The smallest absolute Gasteiger partial charge is 0.307 e. The SMILES string of the molecule is CCOC(=O)CCN(C)S(=O)(=O)N1CCCC1. The second kappa shape index (κ2) is 6.32. The van der Waals surface area contributed by atoms with Crippen molar-refractivity contribution in [2.45, 2.75) is 26.2 Å². The summed E-state index contributed by atoms with van der Waals surface area (Å²) in [5.41, 5.74) is 0. The predicted octanol–water partition coefficient (Wildman–Crippen LogP) is 0.212. The van der Waals surface area contributed by atoms with Crippen LogP contribution in [-0.4, -0.2) is 56.3 Å². The van der Waals surface area contributed by atoms with E-state index in [1.54, 1.807) is 6.92 Å². The quantitative estimate of drug-likeness (QED) is 0.643. The number of rotatable bonds is 6. The standard InChI is InChI=1S/C10H20N2O4S/c1-3-16-10(13)6-9-11(2)17(14,15)12-7-4-5-8-12/h3-9H2,1-2H3. The Hall–Kier alpha value is -0.660. The summed E-state index contributed by atoms with van der Waals surface area (Å²) in [7, 11) is -1.90. The molecular formula is C10H20N2O4S. The van der Waals surface area contributed by atoms with Crippen LogP contribution in [-0.2, 0) is 19.7 Å². The first-order valence-electron chi connectivity index (χ1n) is 5.85. The maximum Gasteiger partial charge on any atom is 0.307 e. The fraction of sp³-hybridized carbons (Fsp3) is 0.900. The normalized spacial score (nSPS) is 17.6. The van der Waals surface area contributed by atoms with Crippen LogP contribution in [0.3, 0.4) is 0 Å². The lowest BCUT2D eigenvalue weighted by Crippen LogP contribution is -2.41. The molecule has 0 aromatic carbocycles. The highest BCUT2D eigenvalue weighted by molar-refractivity contribution is 7.86. The molecule has 0 atom stereocenters. The Balaban J connectivity index is 2.45. The predicted molar refractivity (Wildman–Crippen MR) is 63.6 cm³/mol. The van der Waals surface area contributed by atoms with E-state index >= 15 is 0 Å². The molecule has 0 spiro atoms. The van der Waals surface area contributed by atoms with Crippen LogP contribution in [0.2, 0.25) is 0 Å². The number of carbonyl (C=O) groups is 1. The molecule has 1 fully saturated rings. The van der Waals surface area contributed by atoms with Gasteiger partial charge in [-0.1, -0.05) is 0 Å². The molecule has 0 aromatic heterocycles. The van der Waals surface area contributed by atoms with Gasteiger partial charge >= 0.3 is 5.97 Å². The van der Waals surface area contributed by atoms with Gasteiger partial charge in [0, 0.05) is 26.7 Å². The van der Waals surface area contributed by atoms with Gasteiger partial charge in [0.25, 0.3) is 10.2 Å². The van der Waals surface area contributed by atoms with Crippen molar-refractivity contribution < 1.29 is 17.9 Å². The number of hydrogen-bond donors (Lipinski definition) is 0. The van der Waals surface area contributed by atoms with Crippen molar-refractivity contribution in [1.82, 2.24) is 8.61 Å². The third-order valence-corrected chi connectivity index (χ3v) is 4.71. The van der Waals surface area contributed by atoms with E-state index in [0.29, 0.717) is 19.7 Å². The maximum atomic E-state index is 12.0. The van der Waals surface area contributed by atoms with Crippen LogP contribution in [0.5, 0.6) is 0 Å². The Morgan fingerprint density at radius 1 is 1.35 bits per heavy atom. The number of nitrogens with zero attached hydrogens (tertiary/aromatic N) is 2. The Bertz CT molecular complexity index is 349. The number of esters is 1. The van der Waals surface area contributed by atoms with E-state index in [-0.39, 0.29) is 18.9 Å². The van der Waals surface area contributed by atoms with Gasteiger partial charge in [-0.05, 0) is 19.8 Å². The van der Waals surface area contributed by atoms with Gasteiger partial charge in [0.05, 0.1) is 13.0 Å². The van der Waals surface area contributed by atoms with Crippen LogP contribution in [0.4, 0.5) is 0 Å². The second-order valence-corrected chi connectivity index (χ2v) is 6.03.